The van der Waals surface area contributed by atoms with E-state index in [2.05, 4.69) is 5.32 Å². The van der Waals surface area contributed by atoms with E-state index in [0.717, 1.165) is 9.87 Å². The molecule has 0 fully saturated rings. The summed E-state index contributed by atoms with van der Waals surface area (Å²) in [5.74, 6) is -0.493. The molecular formula is C30H35Cl2N3O5S. The largest absolute Gasteiger partial charge is 0.497 e. The van der Waals surface area contributed by atoms with Gasteiger partial charge in [-0.2, -0.15) is 0 Å². The zero-order chi connectivity index (χ0) is 30.3. The number of amides is 2. The van der Waals surface area contributed by atoms with Crippen LogP contribution < -0.4 is 14.4 Å². The summed E-state index contributed by atoms with van der Waals surface area (Å²) in [7, 11) is -2.72. The van der Waals surface area contributed by atoms with Gasteiger partial charge >= 0.3 is 0 Å². The Morgan fingerprint density at radius 3 is 2.07 bits per heavy atom. The Bertz CT molecular complexity index is 1440. The molecule has 2 atom stereocenters. The average Bonchev–Trinajstić information content (AvgIpc) is 2.95. The van der Waals surface area contributed by atoms with E-state index in [9.17, 15) is 18.0 Å². The molecule has 0 saturated heterocycles. The smallest absolute Gasteiger partial charge is 0.264 e. The Morgan fingerprint density at radius 2 is 1.54 bits per heavy atom. The maximum atomic E-state index is 14.0. The van der Waals surface area contributed by atoms with E-state index in [1.54, 1.807) is 49.4 Å². The topological polar surface area (TPSA) is 96.0 Å². The van der Waals surface area contributed by atoms with Crippen LogP contribution >= 0.6 is 23.2 Å². The van der Waals surface area contributed by atoms with Gasteiger partial charge in [0.2, 0.25) is 11.8 Å². The molecular weight excluding hydrogens is 585 g/mol. The van der Waals surface area contributed by atoms with Crippen molar-refractivity contribution < 1.29 is 22.7 Å². The van der Waals surface area contributed by atoms with Crippen LogP contribution in [0.3, 0.4) is 0 Å². The summed E-state index contributed by atoms with van der Waals surface area (Å²) in [6, 6.07) is 16.6. The van der Waals surface area contributed by atoms with Crippen LogP contribution in [0.25, 0.3) is 0 Å². The van der Waals surface area contributed by atoms with E-state index >= 15 is 0 Å². The van der Waals surface area contributed by atoms with Crippen molar-refractivity contribution in [3.8, 4) is 5.75 Å². The maximum Gasteiger partial charge on any atom is 0.264 e. The third kappa shape index (κ3) is 7.93. The predicted octanol–water partition coefficient (Wildman–Crippen LogP) is 5.84. The number of nitrogens with zero attached hydrogens (tertiary/aromatic N) is 2. The van der Waals surface area contributed by atoms with Gasteiger partial charge < -0.3 is 15.0 Å². The van der Waals surface area contributed by atoms with Crippen LogP contribution in [0.15, 0.2) is 71.6 Å². The number of methoxy groups -OCH3 is 1. The molecule has 41 heavy (non-hydrogen) atoms. The molecule has 2 unspecified atom stereocenters. The number of hydrogen-bond donors (Lipinski definition) is 1. The number of benzene rings is 3. The van der Waals surface area contributed by atoms with Crippen molar-refractivity contribution in [1.82, 2.24) is 10.2 Å². The zero-order valence-electron chi connectivity index (χ0n) is 23.7. The van der Waals surface area contributed by atoms with Crippen molar-refractivity contribution in [2.24, 2.45) is 0 Å². The quantitative estimate of drug-likeness (QED) is 0.275. The molecule has 0 aromatic heterocycles. The van der Waals surface area contributed by atoms with Crippen molar-refractivity contribution in [2.75, 3.05) is 18.0 Å². The number of halogens is 2. The number of carbonyl (C=O) groups is 2. The van der Waals surface area contributed by atoms with E-state index in [1.807, 2.05) is 20.8 Å². The van der Waals surface area contributed by atoms with E-state index in [0.29, 0.717) is 33.5 Å². The molecule has 8 nitrogen and oxygen atoms in total. The minimum atomic E-state index is -4.20. The fraction of sp³-hybridized carbons (Fsp3) is 0.333. The second-order valence-corrected chi connectivity index (χ2v) is 12.4. The van der Waals surface area contributed by atoms with Crippen LogP contribution in [0, 0.1) is 6.92 Å². The molecule has 0 saturated carbocycles. The van der Waals surface area contributed by atoms with Crippen LogP contribution in [0.2, 0.25) is 10.0 Å². The second kappa shape index (κ2) is 14.1. The molecule has 0 bridgehead atoms. The minimum Gasteiger partial charge on any atom is -0.497 e. The first-order valence-corrected chi connectivity index (χ1v) is 15.3. The Morgan fingerprint density at radius 1 is 0.951 bits per heavy atom. The summed E-state index contributed by atoms with van der Waals surface area (Å²) in [5, 5.41) is 3.55. The van der Waals surface area contributed by atoms with Crippen LogP contribution in [0.5, 0.6) is 5.75 Å². The highest BCUT2D eigenvalue weighted by molar-refractivity contribution is 7.92. The van der Waals surface area contributed by atoms with Gasteiger partial charge in [0.15, 0.2) is 0 Å². The Hall–Kier alpha value is -3.27. The SMILES string of the molecule is CCC(C)NC(=O)C(C)N(Cc1c(Cl)cccc1Cl)C(=O)CN(c1ccc(C)cc1)S(=O)(=O)c1ccc(OC)cc1. The van der Waals surface area contributed by atoms with Gasteiger partial charge in [-0.1, -0.05) is 53.9 Å². The molecule has 0 spiro atoms. The van der Waals surface area contributed by atoms with E-state index in [4.69, 9.17) is 27.9 Å². The fourth-order valence-corrected chi connectivity index (χ4v) is 5.95. The fourth-order valence-electron chi connectivity index (χ4n) is 4.02. The summed E-state index contributed by atoms with van der Waals surface area (Å²) in [6.45, 7) is 6.60. The summed E-state index contributed by atoms with van der Waals surface area (Å²) in [5.41, 5.74) is 1.67. The monoisotopic (exact) mass is 619 g/mol. The van der Waals surface area contributed by atoms with Gasteiger partial charge in [0.25, 0.3) is 10.0 Å². The Balaban J connectivity index is 2.06. The Labute approximate surface area is 252 Å². The minimum absolute atomic E-state index is 0.0186. The molecule has 0 aliphatic rings. The average molecular weight is 621 g/mol. The van der Waals surface area contributed by atoms with Crippen LogP contribution in [0.1, 0.15) is 38.3 Å². The Kier molecular flexibility index (Phi) is 11.1. The number of nitrogens with one attached hydrogen (secondary N) is 1. The lowest BCUT2D eigenvalue weighted by molar-refractivity contribution is -0.139. The van der Waals surface area contributed by atoms with Gasteiger partial charge in [0.05, 0.1) is 17.7 Å². The highest BCUT2D eigenvalue weighted by Crippen LogP contribution is 2.29. The molecule has 0 heterocycles. The van der Waals surface area contributed by atoms with Crippen molar-refractivity contribution in [3.05, 3.63) is 87.9 Å². The molecule has 3 aromatic carbocycles. The summed E-state index contributed by atoms with van der Waals surface area (Å²) in [4.78, 5) is 28.5. The van der Waals surface area contributed by atoms with Gasteiger partial charge in [-0.15, -0.1) is 0 Å². The van der Waals surface area contributed by atoms with Gasteiger partial charge in [0.1, 0.15) is 18.3 Å². The van der Waals surface area contributed by atoms with Gasteiger partial charge in [-0.25, -0.2) is 8.42 Å². The highest BCUT2D eigenvalue weighted by Gasteiger charge is 2.33. The van der Waals surface area contributed by atoms with Crippen molar-refractivity contribution >= 4 is 50.7 Å². The van der Waals surface area contributed by atoms with Crippen LogP contribution in [-0.4, -0.2) is 50.9 Å². The lowest BCUT2D eigenvalue weighted by Gasteiger charge is -2.33. The molecule has 2 amide bonds. The van der Waals surface area contributed by atoms with Crippen molar-refractivity contribution in [3.63, 3.8) is 0 Å². The van der Waals surface area contributed by atoms with Gasteiger partial charge in [0, 0.05) is 28.2 Å². The number of rotatable bonds is 12. The molecule has 3 rings (SSSR count). The standard InChI is InChI=1S/C30H35Cl2N3O5S/c1-6-21(3)33-30(37)22(4)34(18-26-27(31)8-7-9-28(26)32)29(36)19-35(23-12-10-20(2)11-13-23)41(38,39)25-16-14-24(40-5)15-17-25/h7-17,21-22H,6,18-19H2,1-5H3,(H,33,37). The summed E-state index contributed by atoms with van der Waals surface area (Å²) < 4.78 is 34.1. The molecule has 11 heteroatoms. The molecule has 1 N–H and O–H groups in total. The van der Waals surface area contributed by atoms with Gasteiger partial charge in [-0.3, -0.25) is 13.9 Å². The van der Waals surface area contributed by atoms with Crippen LogP contribution in [0.4, 0.5) is 5.69 Å². The second-order valence-electron chi connectivity index (χ2n) is 9.74. The summed E-state index contributed by atoms with van der Waals surface area (Å²) in [6.07, 6.45) is 0.698. The number of aryl methyl sites for hydroxylation is 1. The summed E-state index contributed by atoms with van der Waals surface area (Å²) >= 11 is 12.8. The number of ether oxygens (including phenoxy) is 1. The van der Waals surface area contributed by atoms with E-state index in [-0.39, 0.29) is 23.4 Å². The van der Waals surface area contributed by atoms with E-state index in [1.165, 1.54) is 36.3 Å². The third-order valence-corrected chi connectivity index (χ3v) is 9.30. The van der Waals surface area contributed by atoms with Crippen molar-refractivity contribution in [1.29, 1.82) is 0 Å². The molecule has 0 aliphatic heterocycles. The molecule has 0 aliphatic carbocycles. The third-order valence-electron chi connectivity index (χ3n) is 6.81. The number of carbonyl (C=O) groups excluding carboxylic acids is 2. The van der Waals surface area contributed by atoms with Crippen LogP contribution in [-0.2, 0) is 26.2 Å². The lowest BCUT2D eigenvalue weighted by Crippen LogP contribution is -2.52. The predicted molar refractivity (Wildman–Crippen MR) is 163 cm³/mol. The lowest BCUT2D eigenvalue weighted by atomic mass is 10.1. The first-order chi connectivity index (χ1) is 19.4. The van der Waals surface area contributed by atoms with Gasteiger partial charge in [-0.05, 0) is 75.7 Å². The normalized spacial score (nSPS) is 12.8. The zero-order valence-corrected chi connectivity index (χ0v) is 26.1. The highest BCUT2D eigenvalue weighted by atomic mass is 35.5. The maximum absolute atomic E-state index is 14.0. The molecule has 0 radical (unpaired) electrons. The number of anilines is 1. The van der Waals surface area contributed by atoms with Crippen molar-refractivity contribution in [2.45, 2.75) is 57.6 Å². The number of hydrogen-bond acceptors (Lipinski definition) is 5. The number of sulfonamides is 1. The molecule has 220 valence electrons. The first-order valence-electron chi connectivity index (χ1n) is 13.1. The molecule has 3 aromatic rings. The van der Waals surface area contributed by atoms with E-state index < -0.39 is 28.5 Å². The first kappa shape index (κ1) is 32.2.